The number of rotatable bonds is 38. The first-order valence-electron chi connectivity index (χ1n) is 21.6. The molecule has 0 bridgehead atoms. The maximum Gasteiger partial charge on any atom is 2.00 e. The predicted molar refractivity (Wildman–Crippen MR) is 230 cm³/mol. The number of aliphatic imine (C=N–C) groups is 1. The van der Waals surface area contributed by atoms with E-state index in [0.29, 0.717) is 0 Å². The molecule has 0 rings (SSSR count). The largest absolute Gasteiger partial charge is 2.00 e. The molecule has 0 saturated heterocycles. The molecule has 0 atom stereocenters. The minimum absolute atomic E-state index is 0. The fraction of sp³-hybridized carbons (Fsp3) is 0.857. The third kappa shape index (κ3) is 57.9. The number of nitrogens with one attached hydrogen (secondary N) is 1. The van der Waals surface area contributed by atoms with Crippen LogP contribution in [0.3, 0.4) is 0 Å². The number of hydrogen-bond donors (Lipinski definition) is 2. The van der Waals surface area contributed by atoms with Gasteiger partial charge in [0.25, 0.3) is 10.1 Å². The average molecular weight is 845 g/mol. The SMILES string of the molecule is CCCCCCCCCCCCCCC/C=C/C(=O)NCCCS(=O)(=O)O.CCCCCCCCCCCCCCC/C=C/C([O-])=NCCCS(=O)(=O)[O-].[Ca+2]. The van der Waals surface area contributed by atoms with Crippen molar-refractivity contribution in [2.45, 2.75) is 206 Å². The summed E-state index contributed by atoms with van der Waals surface area (Å²) in [4.78, 5) is 15.2. The molecule has 0 radical (unpaired) electrons. The van der Waals surface area contributed by atoms with Crippen LogP contribution in [0.25, 0.3) is 0 Å². The summed E-state index contributed by atoms with van der Waals surface area (Å²) < 4.78 is 60.9. The third-order valence-corrected chi connectivity index (χ3v) is 10.8. The normalized spacial score (nSPS) is 12.2. The number of carbonyl (C=O) groups excluding carboxylic acids is 1. The van der Waals surface area contributed by atoms with Crippen LogP contribution < -0.4 is 10.4 Å². The van der Waals surface area contributed by atoms with Crippen LogP contribution in [0.15, 0.2) is 29.3 Å². The molecule has 13 heteroatoms. The van der Waals surface area contributed by atoms with E-state index in [1.807, 2.05) is 12.2 Å². The number of carbonyl (C=O) groups is 1. The zero-order valence-corrected chi connectivity index (χ0v) is 39.0. The van der Waals surface area contributed by atoms with E-state index >= 15 is 0 Å². The minimum Gasteiger partial charge on any atom is -0.859 e. The van der Waals surface area contributed by atoms with Crippen LogP contribution in [-0.2, 0) is 25.0 Å². The molecule has 0 saturated carbocycles. The van der Waals surface area contributed by atoms with E-state index in [1.165, 1.54) is 166 Å². The molecule has 0 spiro atoms. The van der Waals surface area contributed by atoms with E-state index in [4.69, 9.17) is 4.55 Å². The first kappa shape index (κ1) is 58.8. The Morgan fingerprint density at radius 2 is 0.927 bits per heavy atom. The van der Waals surface area contributed by atoms with Gasteiger partial charge in [0.2, 0.25) is 5.91 Å². The molecular weight excluding hydrogens is 765 g/mol. The maximum absolute atomic E-state index is 11.5. The van der Waals surface area contributed by atoms with Crippen LogP contribution in [0.1, 0.15) is 206 Å². The van der Waals surface area contributed by atoms with Crippen molar-refractivity contribution in [2.24, 2.45) is 4.99 Å². The van der Waals surface area contributed by atoms with Crippen LogP contribution in [0.5, 0.6) is 0 Å². The molecule has 0 unspecified atom stereocenters. The van der Waals surface area contributed by atoms with Crippen LogP contribution >= 0.6 is 0 Å². The summed E-state index contributed by atoms with van der Waals surface area (Å²) in [6.45, 7) is 4.85. The Hall–Kier alpha value is -0.500. The van der Waals surface area contributed by atoms with E-state index in [-0.39, 0.29) is 81.2 Å². The summed E-state index contributed by atoms with van der Waals surface area (Å²) in [6, 6.07) is 0. The van der Waals surface area contributed by atoms with Gasteiger partial charge in [-0.05, 0) is 50.5 Å². The van der Waals surface area contributed by atoms with Gasteiger partial charge < -0.3 is 20.0 Å². The molecular formula is C42H80CaN2O8S2. The number of amides is 1. The van der Waals surface area contributed by atoms with Crippen LogP contribution in [0.2, 0.25) is 0 Å². The molecule has 0 aliphatic heterocycles. The fourth-order valence-electron chi connectivity index (χ4n) is 5.94. The average Bonchev–Trinajstić information content (AvgIpc) is 3.11. The molecule has 0 aromatic rings. The monoisotopic (exact) mass is 844 g/mol. The second-order valence-corrected chi connectivity index (χ2v) is 17.7. The molecule has 55 heavy (non-hydrogen) atoms. The fourth-order valence-corrected chi connectivity index (χ4v) is 6.93. The Balaban J connectivity index is -0.000000966. The van der Waals surface area contributed by atoms with Crippen molar-refractivity contribution in [3.8, 4) is 0 Å². The van der Waals surface area contributed by atoms with Gasteiger partial charge in [0.05, 0.1) is 15.9 Å². The second kappa shape index (κ2) is 44.6. The van der Waals surface area contributed by atoms with Gasteiger partial charge in [-0.3, -0.25) is 9.35 Å². The predicted octanol–water partition coefficient (Wildman–Crippen LogP) is 9.76. The molecule has 0 aromatic heterocycles. The van der Waals surface area contributed by atoms with Crippen LogP contribution in [0.4, 0.5) is 0 Å². The van der Waals surface area contributed by atoms with Crippen LogP contribution in [-0.4, -0.2) is 100 Å². The Morgan fingerprint density at radius 3 is 1.29 bits per heavy atom. The Bertz CT molecular complexity index is 1150. The first-order chi connectivity index (χ1) is 25.9. The quantitative estimate of drug-likeness (QED) is 0.0154. The van der Waals surface area contributed by atoms with E-state index in [1.54, 1.807) is 0 Å². The Kier molecular flexibility index (Phi) is 47.7. The summed E-state index contributed by atoms with van der Waals surface area (Å²) in [5, 5.41) is 14.0. The summed E-state index contributed by atoms with van der Waals surface area (Å²) in [5.74, 6) is -1.35. The molecule has 10 nitrogen and oxygen atoms in total. The first-order valence-corrected chi connectivity index (χ1v) is 24.8. The van der Waals surface area contributed by atoms with Gasteiger partial charge in [0, 0.05) is 18.8 Å². The molecule has 0 fully saturated rings. The number of unbranched alkanes of at least 4 members (excludes halogenated alkanes) is 26. The van der Waals surface area contributed by atoms with E-state index in [2.05, 4.69) is 24.2 Å². The maximum atomic E-state index is 11.5. The van der Waals surface area contributed by atoms with Crippen molar-refractivity contribution in [1.82, 2.24) is 5.32 Å². The summed E-state index contributed by atoms with van der Waals surface area (Å²) in [5.41, 5.74) is 0. The van der Waals surface area contributed by atoms with Gasteiger partial charge in [-0.2, -0.15) is 8.42 Å². The van der Waals surface area contributed by atoms with Crippen molar-refractivity contribution in [2.75, 3.05) is 24.6 Å². The number of nitrogens with zero attached hydrogens (tertiary/aromatic N) is 1. The summed E-state index contributed by atoms with van der Waals surface area (Å²) in [6.07, 6.45) is 43.2. The van der Waals surface area contributed by atoms with Gasteiger partial charge >= 0.3 is 37.7 Å². The smallest absolute Gasteiger partial charge is 0.859 e. The van der Waals surface area contributed by atoms with Crippen molar-refractivity contribution < 1.29 is 35.8 Å². The molecule has 2 N–H and O–H groups in total. The van der Waals surface area contributed by atoms with E-state index in [9.17, 15) is 31.3 Å². The van der Waals surface area contributed by atoms with Gasteiger partial charge in [-0.15, -0.1) is 0 Å². The van der Waals surface area contributed by atoms with Crippen molar-refractivity contribution in [1.29, 1.82) is 0 Å². The zero-order chi connectivity index (χ0) is 40.4. The third-order valence-electron chi connectivity index (χ3n) is 9.18. The standard InChI is InChI=1S/2C21H41NO4S.Ca/c2*1-2-3-4-5-6-7-8-9-10-11-12-13-14-15-16-18-21(23)22-19-17-20-27(24,25)26;/h2*16,18H,2-15,17,19-20H2,1H3,(H,22,23)(H,24,25,26);/q;;+2/p-2/b2*18-16+;. The van der Waals surface area contributed by atoms with Gasteiger partial charge in [0.1, 0.15) is 0 Å². The molecule has 0 heterocycles. The van der Waals surface area contributed by atoms with Crippen molar-refractivity contribution in [3.05, 3.63) is 24.3 Å². The van der Waals surface area contributed by atoms with E-state index in [0.717, 1.165) is 25.7 Å². The Morgan fingerprint density at radius 1 is 0.564 bits per heavy atom. The van der Waals surface area contributed by atoms with E-state index < -0.39 is 26.0 Å². The van der Waals surface area contributed by atoms with Crippen LogP contribution in [0, 0.1) is 0 Å². The number of hydrogen-bond acceptors (Lipinski definition) is 8. The van der Waals surface area contributed by atoms with Gasteiger partial charge in [-0.1, -0.05) is 186 Å². The van der Waals surface area contributed by atoms with Crippen molar-refractivity contribution in [3.63, 3.8) is 0 Å². The second-order valence-electron chi connectivity index (χ2n) is 14.6. The van der Waals surface area contributed by atoms with Crippen molar-refractivity contribution >= 4 is 69.8 Å². The molecule has 0 aliphatic carbocycles. The van der Waals surface area contributed by atoms with Gasteiger partial charge in [0.15, 0.2) is 0 Å². The minimum atomic E-state index is -4.20. The van der Waals surface area contributed by atoms with Gasteiger partial charge in [-0.25, -0.2) is 8.42 Å². The topological polar surface area (TPSA) is 176 Å². The molecule has 1 amide bonds. The zero-order valence-electron chi connectivity index (χ0n) is 35.1. The summed E-state index contributed by atoms with van der Waals surface area (Å²) in [7, 11) is -8.14. The Labute approximate surface area is 368 Å². The molecule has 0 aromatic carbocycles. The molecule has 0 aliphatic rings. The number of allylic oxidation sites excluding steroid dienone is 2. The summed E-state index contributed by atoms with van der Waals surface area (Å²) >= 11 is 0. The molecule has 320 valence electrons.